The van der Waals surface area contributed by atoms with E-state index >= 15 is 0 Å². The Bertz CT molecular complexity index is 462. The summed E-state index contributed by atoms with van der Waals surface area (Å²) in [4.78, 5) is 3.69. The number of benzene rings is 1. The van der Waals surface area contributed by atoms with Gasteiger partial charge in [-0.2, -0.15) is 18.3 Å². The Balaban J connectivity index is 2.23. The minimum absolute atomic E-state index is 0.417. The van der Waals surface area contributed by atoms with E-state index in [-0.39, 0.29) is 0 Å². The number of aromatic nitrogens is 3. The average molecular weight is 226 g/mol. The zero-order valence-electron chi connectivity index (χ0n) is 8.02. The molecule has 0 aliphatic heterocycles. The van der Waals surface area contributed by atoms with Crippen molar-refractivity contribution in [3.63, 3.8) is 0 Å². The molecule has 83 valence electrons. The highest BCUT2D eigenvalue weighted by Crippen LogP contribution is 2.29. The molecule has 3 nitrogen and oxygen atoms in total. The van der Waals surface area contributed by atoms with Crippen molar-refractivity contribution in [2.75, 3.05) is 0 Å². The van der Waals surface area contributed by atoms with Crippen molar-refractivity contribution in [1.29, 1.82) is 0 Å². The molecule has 0 aliphatic rings. The summed E-state index contributed by atoms with van der Waals surface area (Å²) in [6, 6.07) is 5.00. The summed E-state index contributed by atoms with van der Waals surface area (Å²) >= 11 is 0. The lowest BCUT2D eigenvalue weighted by Crippen LogP contribution is -2.06. The van der Waals surface area contributed by atoms with Gasteiger partial charge in [0.05, 0.1) is 5.56 Å². The van der Waals surface area contributed by atoms with Gasteiger partial charge in [0.2, 0.25) is 0 Å². The molecule has 2 rings (SSSR count). The molecule has 0 bridgehead atoms. The number of hydrogen-bond donors (Lipinski definition) is 0. The van der Waals surface area contributed by atoms with Crippen molar-refractivity contribution in [1.82, 2.24) is 14.8 Å². The molecule has 0 saturated carbocycles. The van der Waals surface area contributed by atoms with E-state index in [2.05, 4.69) is 10.1 Å². The van der Waals surface area contributed by atoms with E-state index in [0.717, 1.165) is 12.1 Å². The molecule has 0 N–H and O–H groups in total. The Morgan fingerprint density at radius 3 is 2.69 bits per heavy atom. The molecule has 6 heteroatoms. The first-order valence-corrected chi connectivity index (χ1v) is 4.42. The third-order valence-electron chi connectivity index (χ3n) is 1.93. The molecular formula is C10H7F3N3. The van der Waals surface area contributed by atoms with Crippen LogP contribution in [0.25, 0.3) is 0 Å². The van der Waals surface area contributed by atoms with Crippen LogP contribution in [0.1, 0.15) is 11.1 Å². The van der Waals surface area contributed by atoms with Gasteiger partial charge in [0.15, 0.2) is 0 Å². The molecule has 1 heterocycles. The molecule has 0 atom stereocenters. The van der Waals surface area contributed by atoms with Gasteiger partial charge in [-0.15, -0.1) is 0 Å². The first kappa shape index (κ1) is 10.7. The molecule has 1 radical (unpaired) electrons. The maximum atomic E-state index is 12.4. The van der Waals surface area contributed by atoms with Crippen LogP contribution >= 0.6 is 0 Å². The summed E-state index contributed by atoms with van der Waals surface area (Å²) in [5.74, 6) is 0. The van der Waals surface area contributed by atoms with Crippen molar-refractivity contribution in [3.05, 3.63) is 54.6 Å². The van der Waals surface area contributed by atoms with Crippen molar-refractivity contribution >= 4 is 0 Å². The zero-order valence-corrected chi connectivity index (χ0v) is 8.02. The van der Waals surface area contributed by atoms with Crippen molar-refractivity contribution in [3.8, 4) is 0 Å². The molecular weight excluding hydrogens is 219 g/mol. The lowest BCUT2D eigenvalue weighted by atomic mass is 10.1. The fourth-order valence-corrected chi connectivity index (χ4v) is 1.23. The van der Waals surface area contributed by atoms with E-state index in [4.69, 9.17) is 0 Å². The van der Waals surface area contributed by atoms with Gasteiger partial charge in [-0.05, 0) is 17.7 Å². The zero-order chi connectivity index (χ0) is 11.6. The predicted octanol–water partition coefficient (Wildman–Crippen LogP) is 2.36. The number of hydrogen-bond acceptors (Lipinski definition) is 2. The predicted molar refractivity (Wildman–Crippen MR) is 50.3 cm³/mol. The van der Waals surface area contributed by atoms with Crippen LogP contribution in [0, 0.1) is 6.54 Å². The second-order valence-electron chi connectivity index (χ2n) is 3.13. The summed E-state index contributed by atoms with van der Waals surface area (Å²) in [6.45, 7) is 1.46. The monoisotopic (exact) mass is 226 g/mol. The van der Waals surface area contributed by atoms with Gasteiger partial charge in [-0.25, -0.2) is 9.67 Å². The standard InChI is InChI=1S/C10H7F3N3/c11-10(12,13)9-3-1-2-8(4-9)5-16-7-14-6-15-16/h1-7H. The van der Waals surface area contributed by atoms with Gasteiger partial charge in [0.25, 0.3) is 0 Å². The van der Waals surface area contributed by atoms with Crippen LogP contribution in [0.15, 0.2) is 36.9 Å². The average Bonchev–Trinajstić information content (AvgIpc) is 2.70. The highest BCUT2D eigenvalue weighted by Gasteiger charge is 2.30. The Labute approximate surface area is 89.5 Å². The lowest BCUT2D eigenvalue weighted by Gasteiger charge is -2.08. The summed E-state index contributed by atoms with van der Waals surface area (Å²) in [7, 11) is 0. The first-order valence-electron chi connectivity index (χ1n) is 4.42. The molecule has 0 saturated heterocycles. The smallest absolute Gasteiger partial charge is 0.243 e. The maximum Gasteiger partial charge on any atom is 0.416 e. The number of rotatable bonds is 2. The van der Waals surface area contributed by atoms with Gasteiger partial charge in [0, 0.05) is 0 Å². The van der Waals surface area contributed by atoms with E-state index < -0.39 is 11.7 Å². The van der Waals surface area contributed by atoms with E-state index in [9.17, 15) is 13.2 Å². The van der Waals surface area contributed by atoms with Gasteiger partial charge < -0.3 is 0 Å². The van der Waals surface area contributed by atoms with Gasteiger partial charge in [-0.1, -0.05) is 12.1 Å². The maximum absolute atomic E-state index is 12.4. The second-order valence-corrected chi connectivity index (χ2v) is 3.13. The van der Waals surface area contributed by atoms with Crippen LogP contribution < -0.4 is 0 Å². The number of halogens is 3. The fourth-order valence-electron chi connectivity index (χ4n) is 1.23. The van der Waals surface area contributed by atoms with Crippen LogP contribution in [0.2, 0.25) is 0 Å². The van der Waals surface area contributed by atoms with E-state index in [1.165, 1.54) is 29.9 Å². The van der Waals surface area contributed by atoms with Crippen molar-refractivity contribution in [2.45, 2.75) is 6.18 Å². The van der Waals surface area contributed by atoms with Crippen LogP contribution in [0.3, 0.4) is 0 Å². The summed E-state index contributed by atoms with van der Waals surface area (Å²) in [5, 5.41) is 3.77. The fraction of sp³-hybridized carbons (Fsp3) is 0.100. The van der Waals surface area contributed by atoms with E-state index in [1.54, 1.807) is 6.07 Å². The topological polar surface area (TPSA) is 30.7 Å². The third kappa shape index (κ3) is 2.39. The molecule has 2 aromatic rings. The minimum Gasteiger partial charge on any atom is -0.243 e. The molecule has 0 fully saturated rings. The van der Waals surface area contributed by atoms with Crippen LogP contribution in [0.5, 0.6) is 0 Å². The number of alkyl halides is 3. The Morgan fingerprint density at radius 1 is 1.25 bits per heavy atom. The Kier molecular flexibility index (Phi) is 2.64. The molecule has 0 spiro atoms. The first-order chi connectivity index (χ1) is 7.55. The molecule has 0 unspecified atom stereocenters. The second kappa shape index (κ2) is 3.96. The van der Waals surface area contributed by atoms with E-state index in [0.29, 0.717) is 5.56 Å². The van der Waals surface area contributed by atoms with Crippen LogP contribution in [-0.4, -0.2) is 14.8 Å². The van der Waals surface area contributed by atoms with E-state index in [1.807, 2.05) is 0 Å². The summed E-state index contributed by atoms with van der Waals surface area (Å²) in [6.07, 6.45) is -1.61. The minimum atomic E-state index is -4.33. The summed E-state index contributed by atoms with van der Waals surface area (Å²) in [5.41, 5.74) is -0.262. The molecule has 16 heavy (non-hydrogen) atoms. The normalized spacial score (nSPS) is 11.7. The van der Waals surface area contributed by atoms with Gasteiger partial charge in [0.1, 0.15) is 19.2 Å². The number of nitrogens with zero attached hydrogens (tertiary/aromatic N) is 3. The van der Waals surface area contributed by atoms with Crippen LogP contribution in [-0.2, 0) is 6.18 Å². The molecule has 0 amide bonds. The molecule has 1 aromatic heterocycles. The highest BCUT2D eigenvalue weighted by molar-refractivity contribution is 5.30. The van der Waals surface area contributed by atoms with Gasteiger partial charge >= 0.3 is 6.18 Å². The van der Waals surface area contributed by atoms with Gasteiger partial charge in [-0.3, -0.25) is 0 Å². The van der Waals surface area contributed by atoms with Crippen molar-refractivity contribution < 1.29 is 13.2 Å². The Morgan fingerprint density at radius 2 is 2.06 bits per heavy atom. The summed E-state index contributed by atoms with van der Waals surface area (Å²) < 4.78 is 38.5. The molecule has 0 aliphatic carbocycles. The van der Waals surface area contributed by atoms with Crippen LogP contribution in [0.4, 0.5) is 13.2 Å². The highest BCUT2D eigenvalue weighted by atomic mass is 19.4. The Hall–Kier alpha value is -1.85. The molecule has 1 aromatic carbocycles. The van der Waals surface area contributed by atoms with Crippen molar-refractivity contribution in [2.24, 2.45) is 0 Å². The lowest BCUT2D eigenvalue weighted by molar-refractivity contribution is -0.137. The largest absolute Gasteiger partial charge is 0.416 e. The SMILES string of the molecule is FC(F)(F)c1cccc([CH]n2cncn2)c1. The quantitative estimate of drug-likeness (QED) is 0.786. The third-order valence-corrected chi connectivity index (χ3v) is 1.93.